The monoisotopic (exact) mass is 408 g/mol. The first-order chi connectivity index (χ1) is 13.9. The number of amides is 1. The van der Waals surface area contributed by atoms with Crippen LogP contribution in [0.5, 0.6) is 5.75 Å². The summed E-state index contributed by atoms with van der Waals surface area (Å²) < 4.78 is 10.1. The number of nitrogens with zero attached hydrogens (tertiary/aromatic N) is 2. The minimum Gasteiger partial charge on any atom is -0.493 e. The van der Waals surface area contributed by atoms with Crippen LogP contribution in [-0.4, -0.2) is 54.8 Å². The van der Waals surface area contributed by atoms with Gasteiger partial charge in [-0.2, -0.15) is 0 Å². The third kappa shape index (κ3) is 8.28. The molecule has 0 fully saturated rings. The second-order valence-corrected chi connectivity index (χ2v) is 6.47. The number of methoxy groups -OCH3 is 1. The largest absolute Gasteiger partial charge is 0.493 e. The molecule has 0 aromatic heterocycles. The van der Waals surface area contributed by atoms with Crippen molar-refractivity contribution in [2.24, 2.45) is 0 Å². The second kappa shape index (κ2) is 13.2. The van der Waals surface area contributed by atoms with Crippen LogP contribution in [0.25, 0.3) is 0 Å². The average molecular weight is 408 g/mol. The van der Waals surface area contributed by atoms with Gasteiger partial charge in [0.2, 0.25) is 5.91 Å². The zero-order valence-electron chi connectivity index (χ0n) is 16.9. The van der Waals surface area contributed by atoms with Gasteiger partial charge in [0.25, 0.3) is 5.69 Å². The van der Waals surface area contributed by atoms with Crippen molar-refractivity contribution in [1.82, 2.24) is 4.90 Å². The van der Waals surface area contributed by atoms with E-state index in [-0.39, 0.29) is 42.5 Å². The fourth-order valence-electron chi connectivity index (χ4n) is 2.74. The van der Waals surface area contributed by atoms with Crippen LogP contribution in [-0.2, 0) is 14.3 Å². The Balaban J connectivity index is 2.58. The molecule has 0 aliphatic heterocycles. The third-order valence-corrected chi connectivity index (χ3v) is 4.33. The van der Waals surface area contributed by atoms with E-state index in [0.717, 1.165) is 25.7 Å². The summed E-state index contributed by atoms with van der Waals surface area (Å²) in [5, 5.41) is 11.0. The lowest BCUT2D eigenvalue weighted by atomic mass is 10.1. The molecule has 1 amide bonds. The molecule has 160 valence electrons. The first kappa shape index (κ1) is 24.1. The lowest BCUT2D eigenvalue weighted by molar-refractivity contribution is -0.385. The van der Waals surface area contributed by atoms with E-state index in [4.69, 9.17) is 4.74 Å². The number of nitro benzene ring substituents is 1. The molecule has 9 nitrogen and oxygen atoms in total. The van der Waals surface area contributed by atoms with Crippen LogP contribution >= 0.6 is 0 Å². The van der Waals surface area contributed by atoms with Crippen molar-refractivity contribution < 1.29 is 28.8 Å². The van der Waals surface area contributed by atoms with Gasteiger partial charge in [-0.1, -0.05) is 32.3 Å². The molecule has 0 aliphatic rings. The molecule has 0 unspecified atom stereocenters. The lowest BCUT2D eigenvalue weighted by Crippen LogP contribution is -2.37. The first-order valence-electron chi connectivity index (χ1n) is 9.64. The van der Waals surface area contributed by atoms with E-state index in [1.54, 1.807) is 0 Å². The molecule has 0 radical (unpaired) electrons. The molecule has 1 aromatic rings. The van der Waals surface area contributed by atoms with E-state index in [1.807, 2.05) is 0 Å². The van der Waals surface area contributed by atoms with E-state index in [1.165, 1.54) is 30.2 Å². The summed E-state index contributed by atoms with van der Waals surface area (Å²) >= 11 is 0. The smallest absolute Gasteiger partial charge is 0.325 e. The van der Waals surface area contributed by atoms with Gasteiger partial charge in [0.15, 0.2) is 6.29 Å². The van der Waals surface area contributed by atoms with Gasteiger partial charge in [0.05, 0.1) is 18.6 Å². The van der Waals surface area contributed by atoms with Crippen molar-refractivity contribution in [2.45, 2.75) is 45.4 Å². The number of carbonyl (C=O) groups excluding carboxylic acids is 3. The van der Waals surface area contributed by atoms with Gasteiger partial charge in [-0.3, -0.25) is 24.5 Å². The Bertz CT molecular complexity index is 706. The van der Waals surface area contributed by atoms with Crippen LogP contribution in [0.1, 0.15) is 55.8 Å². The molecule has 1 aromatic carbocycles. The van der Waals surface area contributed by atoms with Crippen molar-refractivity contribution in [3.63, 3.8) is 0 Å². The maximum Gasteiger partial charge on any atom is 0.325 e. The topological polar surface area (TPSA) is 116 Å². The van der Waals surface area contributed by atoms with E-state index in [9.17, 15) is 24.5 Å². The zero-order chi connectivity index (χ0) is 21.6. The highest BCUT2D eigenvalue weighted by molar-refractivity contribution is 5.85. The molecular weight excluding hydrogens is 380 g/mol. The molecule has 9 heteroatoms. The molecule has 0 spiro atoms. The Kier molecular flexibility index (Phi) is 11.0. The van der Waals surface area contributed by atoms with Gasteiger partial charge < -0.3 is 14.4 Å². The van der Waals surface area contributed by atoms with E-state index < -0.39 is 10.9 Å². The normalized spacial score (nSPS) is 10.3. The summed E-state index contributed by atoms with van der Waals surface area (Å²) in [4.78, 5) is 47.0. The highest BCUT2D eigenvalue weighted by atomic mass is 16.6. The van der Waals surface area contributed by atoms with Gasteiger partial charge >= 0.3 is 5.97 Å². The zero-order valence-corrected chi connectivity index (χ0v) is 16.9. The van der Waals surface area contributed by atoms with Crippen molar-refractivity contribution >= 4 is 23.9 Å². The molecule has 0 atom stereocenters. The molecule has 0 saturated heterocycles. The van der Waals surface area contributed by atoms with Gasteiger partial charge in [-0.05, 0) is 18.9 Å². The van der Waals surface area contributed by atoms with Crippen LogP contribution in [0.3, 0.4) is 0 Å². The van der Waals surface area contributed by atoms with Crippen molar-refractivity contribution in [3.8, 4) is 5.75 Å². The van der Waals surface area contributed by atoms with Gasteiger partial charge in [-0.15, -0.1) is 0 Å². The number of hydrogen-bond acceptors (Lipinski definition) is 7. The fraction of sp³-hybridized carbons (Fsp3) is 0.550. The van der Waals surface area contributed by atoms with Crippen molar-refractivity contribution in [3.05, 3.63) is 33.9 Å². The average Bonchev–Trinajstić information content (AvgIpc) is 2.72. The predicted octanol–water partition coefficient (Wildman–Crippen LogP) is 3.15. The molecular formula is C20H28N2O7. The summed E-state index contributed by atoms with van der Waals surface area (Å²) in [6, 6.07) is 4.12. The Hall–Kier alpha value is -2.97. The molecule has 1 rings (SSSR count). The second-order valence-electron chi connectivity index (χ2n) is 6.47. The number of unbranched alkanes of at least 4 members (excludes halogenated alkanes) is 3. The first-order valence-corrected chi connectivity index (χ1v) is 9.64. The predicted molar refractivity (Wildman–Crippen MR) is 106 cm³/mol. The van der Waals surface area contributed by atoms with Crippen LogP contribution in [0.15, 0.2) is 18.2 Å². The Morgan fingerprint density at radius 1 is 1.21 bits per heavy atom. The molecule has 29 heavy (non-hydrogen) atoms. The summed E-state index contributed by atoms with van der Waals surface area (Å²) in [6.45, 7) is 2.59. The summed E-state index contributed by atoms with van der Waals surface area (Å²) in [5.74, 6) is -0.560. The molecule has 0 N–H and O–H groups in total. The Morgan fingerprint density at radius 3 is 2.59 bits per heavy atom. The maximum atomic E-state index is 12.5. The Morgan fingerprint density at radius 2 is 1.97 bits per heavy atom. The van der Waals surface area contributed by atoms with Crippen LogP contribution in [0.2, 0.25) is 0 Å². The number of nitro groups is 1. The molecule has 0 saturated carbocycles. The number of esters is 1. The van der Waals surface area contributed by atoms with E-state index in [2.05, 4.69) is 11.7 Å². The van der Waals surface area contributed by atoms with Crippen molar-refractivity contribution in [2.75, 3.05) is 26.8 Å². The van der Waals surface area contributed by atoms with Gasteiger partial charge in [0.1, 0.15) is 17.9 Å². The van der Waals surface area contributed by atoms with Crippen LogP contribution < -0.4 is 4.74 Å². The molecule has 0 bridgehead atoms. The lowest BCUT2D eigenvalue weighted by Gasteiger charge is -2.21. The molecule has 0 heterocycles. The van der Waals surface area contributed by atoms with E-state index in [0.29, 0.717) is 19.3 Å². The molecule has 0 aliphatic carbocycles. The number of ether oxygens (including phenoxy) is 2. The number of aldehydes is 1. The third-order valence-electron chi connectivity index (χ3n) is 4.33. The van der Waals surface area contributed by atoms with Gasteiger partial charge in [0, 0.05) is 19.0 Å². The number of benzene rings is 1. The van der Waals surface area contributed by atoms with Crippen molar-refractivity contribution in [1.29, 1.82) is 0 Å². The quantitative estimate of drug-likeness (QED) is 0.153. The maximum absolute atomic E-state index is 12.5. The highest BCUT2D eigenvalue weighted by Gasteiger charge is 2.19. The summed E-state index contributed by atoms with van der Waals surface area (Å²) in [5.41, 5.74) is -0.461. The highest BCUT2D eigenvalue weighted by Crippen LogP contribution is 2.26. The number of rotatable bonds is 14. The van der Waals surface area contributed by atoms with E-state index >= 15 is 0 Å². The SMILES string of the molecule is CCCCCCN(CC(=O)OC)C(=O)CCCOc1cccc([N+](=O)[O-])c1C=O. The van der Waals surface area contributed by atoms with Crippen LogP contribution in [0.4, 0.5) is 5.69 Å². The van der Waals surface area contributed by atoms with Gasteiger partial charge in [-0.25, -0.2) is 0 Å². The summed E-state index contributed by atoms with van der Waals surface area (Å²) in [6.07, 6.45) is 4.80. The summed E-state index contributed by atoms with van der Waals surface area (Å²) in [7, 11) is 1.28. The number of hydrogen-bond donors (Lipinski definition) is 0. The standard InChI is InChI=1S/C20H28N2O7/c1-3-4-5-6-12-21(14-20(25)28-2)19(24)11-8-13-29-18-10-7-9-17(22(26)27)16(18)15-23/h7,9-10,15H,3-6,8,11-14H2,1-2H3. The minimum atomic E-state index is -0.649. The minimum absolute atomic E-state index is 0.0948. The Labute approximate surface area is 170 Å². The number of carbonyl (C=O) groups is 3. The fourth-order valence-corrected chi connectivity index (χ4v) is 2.74. The van der Waals surface area contributed by atoms with Crippen LogP contribution in [0, 0.1) is 10.1 Å².